The number of amides is 2. The molecule has 1 rings (SSSR count). The maximum atomic E-state index is 11.8. The molecule has 0 heterocycles. The van der Waals surface area contributed by atoms with E-state index >= 15 is 0 Å². The zero-order valence-electron chi connectivity index (χ0n) is 11.5. The van der Waals surface area contributed by atoms with Crippen molar-refractivity contribution in [3.63, 3.8) is 0 Å². The van der Waals surface area contributed by atoms with Crippen molar-refractivity contribution in [1.82, 2.24) is 10.2 Å². The quantitative estimate of drug-likeness (QED) is 0.602. The van der Waals surface area contributed by atoms with Crippen LogP contribution in [0.2, 0.25) is 0 Å². The van der Waals surface area contributed by atoms with Crippen molar-refractivity contribution in [3.05, 3.63) is 33.9 Å². The van der Waals surface area contributed by atoms with E-state index in [1.54, 1.807) is 14.1 Å². The average Bonchev–Trinajstić information content (AvgIpc) is 2.43. The summed E-state index contributed by atoms with van der Waals surface area (Å²) in [5.41, 5.74) is 0.155. The summed E-state index contributed by atoms with van der Waals surface area (Å²) in [4.78, 5) is 34.6. The second kappa shape index (κ2) is 6.50. The maximum Gasteiger partial charge on any atom is 0.293 e. The Labute approximate surface area is 115 Å². The minimum absolute atomic E-state index is 0.0850. The molecule has 20 heavy (non-hydrogen) atoms. The molecule has 0 aliphatic heterocycles. The van der Waals surface area contributed by atoms with Gasteiger partial charge in [0, 0.05) is 32.8 Å². The molecule has 0 unspecified atom stereocenters. The number of nitrogens with zero attached hydrogens (tertiary/aromatic N) is 2. The lowest BCUT2D eigenvalue weighted by Gasteiger charge is -2.11. The molecule has 2 N–H and O–H groups in total. The summed E-state index contributed by atoms with van der Waals surface area (Å²) in [6, 6.07) is 4.08. The molecule has 8 heteroatoms. The minimum atomic E-state index is -0.599. The van der Waals surface area contributed by atoms with E-state index in [2.05, 4.69) is 10.6 Å². The topological polar surface area (TPSA) is 105 Å². The fourth-order valence-corrected chi connectivity index (χ4v) is 1.49. The van der Waals surface area contributed by atoms with Gasteiger partial charge in [-0.15, -0.1) is 0 Å². The Morgan fingerprint density at radius 1 is 1.35 bits per heavy atom. The maximum absolute atomic E-state index is 11.8. The van der Waals surface area contributed by atoms with Gasteiger partial charge in [0.1, 0.15) is 5.69 Å². The zero-order chi connectivity index (χ0) is 15.3. The Kier molecular flexibility index (Phi) is 5.01. The number of benzene rings is 1. The smallest absolute Gasteiger partial charge is 0.293 e. The summed E-state index contributed by atoms with van der Waals surface area (Å²) in [5.74, 6) is -0.626. The van der Waals surface area contributed by atoms with Gasteiger partial charge in [-0.05, 0) is 12.1 Å². The number of likely N-dealkylation sites (N-methyl/N-ethyl adjacent to an activating group) is 1. The largest absolute Gasteiger partial charge is 0.371 e. The van der Waals surface area contributed by atoms with Crippen LogP contribution in [0.4, 0.5) is 11.4 Å². The molecular formula is C12H16N4O4. The number of carbonyl (C=O) groups excluding carboxylic acids is 2. The standard InChI is InChI=1S/C12H16N4O4/c1-13-11(17)7-14-9-5-4-8(12(18)15(2)3)6-10(9)16(19)20/h4-6,14H,7H2,1-3H3,(H,13,17). The number of hydrogen-bond donors (Lipinski definition) is 2. The van der Waals surface area contributed by atoms with E-state index in [0.29, 0.717) is 0 Å². The summed E-state index contributed by atoms with van der Waals surface area (Å²) >= 11 is 0. The van der Waals surface area contributed by atoms with Crippen LogP contribution in [0.5, 0.6) is 0 Å². The normalized spacial score (nSPS) is 9.75. The average molecular weight is 280 g/mol. The third kappa shape index (κ3) is 3.67. The van der Waals surface area contributed by atoms with Gasteiger partial charge in [-0.3, -0.25) is 19.7 Å². The van der Waals surface area contributed by atoms with E-state index in [-0.39, 0.29) is 35.3 Å². The Morgan fingerprint density at radius 2 is 2.00 bits per heavy atom. The Balaban J connectivity index is 3.05. The van der Waals surface area contributed by atoms with Crippen LogP contribution in [0.25, 0.3) is 0 Å². The second-order valence-corrected chi connectivity index (χ2v) is 4.22. The predicted octanol–water partition coefficient (Wildman–Crippen LogP) is 0.454. The molecule has 0 spiro atoms. The molecule has 0 radical (unpaired) electrons. The predicted molar refractivity (Wildman–Crippen MR) is 73.7 cm³/mol. The summed E-state index contributed by atoms with van der Waals surface area (Å²) in [6.45, 7) is -0.0850. The van der Waals surface area contributed by atoms with Crippen LogP contribution in [-0.4, -0.2) is 49.3 Å². The van der Waals surface area contributed by atoms with Gasteiger partial charge in [0.05, 0.1) is 11.5 Å². The lowest BCUT2D eigenvalue weighted by molar-refractivity contribution is -0.384. The van der Waals surface area contributed by atoms with Crippen LogP contribution in [0.3, 0.4) is 0 Å². The fraction of sp³-hybridized carbons (Fsp3) is 0.333. The van der Waals surface area contributed by atoms with Crippen LogP contribution in [0.1, 0.15) is 10.4 Å². The van der Waals surface area contributed by atoms with Gasteiger partial charge in [0.15, 0.2) is 0 Å². The first-order valence-corrected chi connectivity index (χ1v) is 5.81. The van der Waals surface area contributed by atoms with Crippen LogP contribution < -0.4 is 10.6 Å². The highest BCUT2D eigenvalue weighted by atomic mass is 16.6. The molecule has 108 valence electrons. The van der Waals surface area contributed by atoms with E-state index < -0.39 is 4.92 Å². The number of hydrogen-bond acceptors (Lipinski definition) is 5. The third-order valence-corrected chi connectivity index (χ3v) is 2.57. The molecule has 0 aliphatic carbocycles. The highest BCUT2D eigenvalue weighted by Crippen LogP contribution is 2.25. The number of nitrogens with one attached hydrogen (secondary N) is 2. The second-order valence-electron chi connectivity index (χ2n) is 4.22. The molecule has 0 fully saturated rings. The Hall–Kier alpha value is -2.64. The van der Waals surface area contributed by atoms with Gasteiger partial charge in [0.25, 0.3) is 11.6 Å². The number of carbonyl (C=O) groups is 2. The molecule has 0 bridgehead atoms. The van der Waals surface area contributed by atoms with Crippen LogP contribution in [-0.2, 0) is 4.79 Å². The molecule has 2 amide bonds. The third-order valence-electron chi connectivity index (χ3n) is 2.57. The van der Waals surface area contributed by atoms with Crippen molar-refractivity contribution in [2.45, 2.75) is 0 Å². The fourth-order valence-electron chi connectivity index (χ4n) is 1.49. The van der Waals surface area contributed by atoms with Gasteiger partial charge in [-0.1, -0.05) is 0 Å². The van der Waals surface area contributed by atoms with Gasteiger partial charge in [-0.2, -0.15) is 0 Å². The highest BCUT2D eigenvalue weighted by Gasteiger charge is 2.18. The van der Waals surface area contributed by atoms with Gasteiger partial charge < -0.3 is 15.5 Å². The van der Waals surface area contributed by atoms with Crippen molar-refractivity contribution >= 4 is 23.2 Å². The van der Waals surface area contributed by atoms with E-state index in [1.165, 1.54) is 30.1 Å². The van der Waals surface area contributed by atoms with E-state index in [9.17, 15) is 19.7 Å². The van der Waals surface area contributed by atoms with Gasteiger partial charge in [-0.25, -0.2) is 0 Å². The number of rotatable bonds is 5. The summed E-state index contributed by atoms with van der Waals surface area (Å²) in [6.07, 6.45) is 0. The molecule has 0 saturated carbocycles. The molecule has 0 atom stereocenters. The SMILES string of the molecule is CNC(=O)CNc1ccc(C(=O)N(C)C)cc1[N+](=O)[O-]. The molecular weight excluding hydrogens is 264 g/mol. The van der Waals surface area contributed by atoms with E-state index in [1.807, 2.05) is 0 Å². The first-order chi connectivity index (χ1) is 9.36. The minimum Gasteiger partial charge on any atom is -0.371 e. The molecule has 1 aromatic carbocycles. The Bertz CT molecular complexity index is 542. The lowest BCUT2D eigenvalue weighted by Crippen LogP contribution is -2.26. The summed E-state index contributed by atoms with van der Waals surface area (Å²) in [5, 5.41) is 16.1. The number of nitro groups is 1. The molecule has 0 saturated heterocycles. The zero-order valence-corrected chi connectivity index (χ0v) is 11.5. The van der Waals surface area contributed by atoms with Crippen LogP contribution in [0, 0.1) is 10.1 Å². The number of nitro benzene ring substituents is 1. The summed E-state index contributed by atoms with van der Waals surface area (Å²) in [7, 11) is 4.59. The van der Waals surface area contributed by atoms with Crippen molar-refractivity contribution in [2.24, 2.45) is 0 Å². The lowest BCUT2D eigenvalue weighted by atomic mass is 10.1. The first-order valence-electron chi connectivity index (χ1n) is 5.81. The van der Waals surface area contributed by atoms with Crippen LogP contribution >= 0.6 is 0 Å². The highest BCUT2D eigenvalue weighted by molar-refractivity contribution is 5.95. The Morgan fingerprint density at radius 3 is 2.50 bits per heavy atom. The molecule has 8 nitrogen and oxygen atoms in total. The van der Waals surface area contributed by atoms with Crippen LogP contribution in [0.15, 0.2) is 18.2 Å². The first kappa shape index (κ1) is 15.4. The molecule has 0 aromatic heterocycles. The summed E-state index contributed by atoms with van der Waals surface area (Å²) < 4.78 is 0. The van der Waals surface area contributed by atoms with E-state index in [0.717, 1.165) is 0 Å². The monoisotopic (exact) mass is 280 g/mol. The van der Waals surface area contributed by atoms with Crippen molar-refractivity contribution in [2.75, 3.05) is 33.0 Å². The van der Waals surface area contributed by atoms with Gasteiger partial charge in [0.2, 0.25) is 5.91 Å². The number of anilines is 1. The van der Waals surface area contributed by atoms with Crippen molar-refractivity contribution in [3.8, 4) is 0 Å². The van der Waals surface area contributed by atoms with Gasteiger partial charge >= 0.3 is 0 Å². The van der Waals surface area contributed by atoms with E-state index in [4.69, 9.17) is 0 Å². The van der Waals surface area contributed by atoms with Crippen molar-refractivity contribution < 1.29 is 14.5 Å². The molecule has 1 aromatic rings. The van der Waals surface area contributed by atoms with Crippen molar-refractivity contribution in [1.29, 1.82) is 0 Å². The molecule has 0 aliphatic rings.